The molecule has 1 aromatic heterocycles. The first-order valence-corrected chi connectivity index (χ1v) is 9.93. The molecule has 2 atom stereocenters. The molecule has 0 bridgehead atoms. The molecule has 1 aliphatic carbocycles. The van der Waals surface area contributed by atoms with E-state index in [0.717, 1.165) is 33.7 Å². The van der Waals surface area contributed by atoms with Gasteiger partial charge in [0, 0.05) is 34.5 Å². The van der Waals surface area contributed by atoms with Gasteiger partial charge in [0.15, 0.2) is 5.78 Å². The summed E-state index contributed by atoms with van der Waals surface area (Å²) in [4.78, 5) is 13.4. The number of halogens is 1. The van der Waals surface area contributed by atoms with Crippen LogP contribution in [0.3, 0.4) is 0 Å². The number of nitrogens with one attached hydrogen (secondary N) is 1. The molecule has 146 valence electrons. The van der Waals surface area contributed by atoms with Crippen molar-refractivity contribution >= 4 is 23.3 Å². The van der Waals surface area contributed by atoms with Gasteiger partial charge in [-0.2, -0.15) is 0 Å². The van der Waals surface area contributed by atoms with Crippen LogP contribution in [0.5, 0.6) is 5.75 Å². The van der Waals surface area contributed by atoms with Gasteiger partial charge in [-0.25, -0.2) is 0 Å². The van der Waals surface area contributed by atoms with Crippen molar-refractivity contribution in [3.8, 4) is 5.75 Å². The number of fused-ring (bicyclic) bond motifs is 1. The molecular weight excluding hydrogens is 388 g/mol. The Morgan fingerprint density at radius 1 is 1.17 bits per heavy atom. The largest absolute Gasteiger partial charge is 0.508 e. The minimum absolute atomic E-state index is 0.0585. The van der Waals surface area contributed by atoms with Gasteiger partial charge >= 0.3 is 0 Å². The lowest BCUT2D eigenvalue weighted by atomic mass is 9.72. The summed E-state index contributed by atoms with van der Waals surface area (Å²) < 4.78 is 5.53. The Morgan fingerprint density at radius 3 is 2.79 bits per heavy atom. The number of ketones is 1. The zero-order valence-electron chi connectivity index (χ0n) is 15.8. The number of Topliss-reactive ketones (excluding diaryl/α,β-unsaturated/α-hetero) is 1. The van der Waals surface area contributed by atoms with Crippen LogP contribution in [0.25, 0.3) is 0 Å². The van der Waals surface area contributed by atoms with Gasteiger partial charge in [-0.05, 0) is 42.7 Å². The number of nitrogens with zero attached hydrogens (tertiary/aromatic N) is 1. The monoisotopic (exact) mass is 406 g/mol. The highest BCUT2D eigenvalue weighted by molar-refractivity contribution is 6.30. The molecule has 0 saturated carbocycles. The van der Waals surface area contributed by atoms with E-state index in [-0.39, 0.29) is 23.4 Å². The summed E-state index contributed by atoms with van der Waals surface area (Å²) in [5.41, 5.74) is 4.90. The lowest BCUT2D eigenvalue weighted by Crippen LogP contribution is -2.29. The Morgan fingerprint density at radius 2 is 2.00 bits per heavy atom. The highest BCUT2D eigenvalue weighted by Crippen LogP contribution is 2.49. The first-order chi connectivity index (χ1) is 14.0. The molecule has 2 heterocycles. The zero-order chi connectivity index (χ0) is 20.1. The average Bonchev–Trinajstić information content (AvgIpc) is 3.07. The Balaban J connectivity index is 1.64. The van der Waals surface area contributed by atoms with E-state index in [1.807, 2.05) is 43.3 Å². The van der Waals surface area contributed by atoms with Gasteiger partial charge < -0.3 is 14.9 Å². The zero-order valence-corrected chi connectivity index (χ0v) is 16.5. The summed E-state index contributed by atoms with van der Waals surface area (Å²) in [6.07, 6.45) is 0.948. The number of hydrogen-bond acceptors (Lipinski definition) is 5. The van der Waals surface area contributed by atoms with Crippen LogP contribution in [0.4, 0.5) is 5.88 Å². The second-order valence-corrected chi connectivity index (χ2v) is 8.04. The van der Waals surface area contributed by atoms with Crippen molar-refractivity contribution in [2.75, 3.05) is 5.32 Å². The van der Waals surface area contributed by atoms with Gasteiger partial charge in [-0.3, -0.25) is 4.79 Å². The molecule has 2 N–H and O–H groups in total. The van der Waals surface area contributed by atoms with E-state index in [9.17, 15) is 9.90 Å². The number of anilines is 1. The number of aryl methyl sites for hydroxylation is 1. The highest BCUT2D eigenvalue weighted by Gasteiger charge is 2.41. The number of aromatic nitrogens is 1. The summed E-state index contributed by atoms with van der Waals surface area (Å²) in [5.74, 6) is 0.470. The predicted molar refractivity (Wildman–Crippen MR) is 110 cm³/mol. The van der Waals surface area contributed by atoms with Gasteiger partial charge in [0.2, 0.25) is 5.88 Å². The first-order valence-electron chi connectivity index (χ1n) is 9.55. The fourth-order valence-corrected chi connectivity index (χ4v) is 4.74. The van der Waals surface area contributed by atoms with Crippen LogP contribution >= 0.6 is 11.6 Å². The first kappa shape index (κ1) is 18.0. The minimum atomic E-state index is -0.274. The number of phenols is 1. The summed E-state index contributed by atoms with van der Waals surface area (Å²) >= 11 is 6.25. The third-order valence-corrected chi connectivity index (χ3v) is 6.05. The molecule has 0 unspecified atom stereocenters. The minimum Gasteiger partial charge on any atom is -0.508 e. The summed E-state index contributed by atoms with van der Waals surface area (Å²) in [7, 11) is 0. The molecule has 2 aromatic carbocycles. The summed E-state index contributed by atoms with van der Waals surface area (Å²) in [6, 6.07) is 14.8. The van der Waals surface area contributed by atoms with E-state index in [2.05, 4.69) is 10.5 Å². The van der Waals surface area contributed by atoms with Gasteiger partial charge in [0.25, 0.3) is 0 Å². The smallest absolute Gasteiger partial charge is 0.233 e. The second-order valence-electron chi connectivity index (χ2n) is 7.60. The van der Waals surface area contributed by atoms with Gasteiger partial charge in [0.1, 0.15) is 5.75 Å². The molecule has 6 heteroatoms. The van der Waals surface area contributed by atoms with Crippen LogP contribution < -0.4 is 5.32 Å². The number of benzene rings is 2. The van der Waals surface area contributed by atoms with E-state index in [1.54, 1.807) is 12.1 Å². The van der Waals surface area contributed by atoms with Gasteiger partial charge in [0.05, 0.1) is 11.3 Å². The Hall–Kier alpha value is -3.05. The predicted octanol–water partition coefficient (Wildman–Crippen LogP) is 5.30. The molecule has 5 rings (SSSR count). The second kappa shape index (κ2) is 6.78. The van der Waals surface area contributed by atoms with Crippen molar-refractivity contribution in [1.82, 2.24) is 5.16 Å². The molecule has 5 nitrogen and oxygen atoms in total. The van der Waals surface area contributed by atoms with Crippen LogP contribution in [-0.4, -0.2) is 16.0 Å². The number of carbonyl (C=O) groups excluding carboxylic acids is 1. The SMILES string of the molecule is Cc1noc2c1[C@@H](c1cccc(Cl)c1)C1=C(C[C@H](c3ccccc3O)CC1=O)N2. The highest BCUT2D eigenvalue weighted by atomic mass is 35.5. The quantitative estimate of drug-likeness (QED) is 0.604. The van der Waals surface area contributed by atoms with Crippen molar-refractivity contribution < 1.29 is 14.4 Å². The van der Waals surface area contributed by atoms with E-state index in [4.69, 9.17) is 16.1 Å². The summed E-state index contributed by atoms with van der Waals surface area (Å²) in [6.45, 7) is 1.88. The Bertz CT molecular complexity index is 1160. The molecule has 1 aliphatic heterocycles. The Labute approximate surface area is 173 Å². The number of para-hydroxylation sites is 1. The van der Waals surface area contributed by atoms with Crippen molar-refractivity contribution in [2.45, 2.75) is 31.6 Å². The molecule has 0 spiro atoms. The molecule has 29 heavy (non-hydrogen) atoms. The topological polar surface area (TPSA) is 75.4 Å². The lowest BCUT2D eigenvalue weighted by molar-refractivity contribution is -0.116. The maximum Gasteiger partial charge on any atom is 0.233 e. The molecule has 0 saturated heterocycles. The third-order valence-electron chi connectivity index (χ3n) is 5.82. The van der Waals surface area contributed by atoms with E-state index in [0.29, 0.717) is 23.7 Å². The number of rotatable bonds is 2. The van der Waals surface area contributed by atoms with Crippen LogP contribution in [0.2, 0.25) is 5.02 Å². The van der Waals surface area contributed by atoms with Crippen LogP contribution in [-0.2, 0) is 4.79 Å². The van der Waals surface area contributed by atoms with E-state index >= 15 is 0 Å². The van der Waals surface area contributed by atoms with Crippen molar-refractivity contribution in [1.29, 1.82) is 0 Å². The van der Waals surface area contributed by atoms with Gasteiger partial charge in [-0.1, -0.05) is 47.1 Å². The standard InChI is InChI=1S/C23H19ClN2O3/c1-12-20-21(13-5-4-6-15(24)9-13)22-17(25-23(20)29-26-12)10-14(11-19(22)28)16-7-2-3-8-18(16)27/h2-9,14,21,25,27H,10-11H2,1H3/t14-,21+/m0/s1. The van der Waals surface area contributed by atoms with Crippen LogP contribution in [0.1, 0.15) is 47.1 Å². The lowest BCUT2D eigenvalue weighted by Gasteiger charge is -2.34. The molecule has 0 radical (unpaired) electrons. The molecule has 0 amide bonds. The number of carbonyl (C=O) groups is 1. The number of allylic oxidation sites excluding steroid dienone is 2. The molecule has 2 aliphatic rings. The van der Waals surface area contributed by atoms with E-state index in [1.165, 1.54) is 0 Å². The Kier molecular flexibility index (Phi) is 4.21. The van der Waals surface area contributed by atoms with Crippen molar-refractivity contribution in [3.05, 3.63) is 87.2 Å². The fraction of sp³-hybridized carbons (Fsp3) is 0.217. The molecule has 3 aromatic rings. The average molecular weight is 407 g/mol. The number of hydrogen-bond donors (Lipinski definition) is 2. The van der Waals surface area contributed by atoms with Crippen molar-refractivity contribution in [3.63, 3.8) is 0 Å². The molecular formula is C23H19ClN2O3. The van der Waals surface area contributed by atoms with E-state index < -0.39 is 0 Å². The normalized spacial score (nSPS) is 20.8. The van der Waals surface area contributed by atoms with Crippen LogP contribution in [0, 0.1) is 6.92 Å². The fourth-order valence-electron chi connectivity index (χ4n) is 4.54. The van der Waals surface area contributed by atoms with Crippen molar-refractivity contribution in [2.24, 2.45) is 0 Å². The van der Waals surface area contributed by atoms with Gasteiger partial charge in [-0.15, -0.1) is 0 Å². The number of phenolic OH excluding ortho intramolecular Hbond substituents is 1. The maximum atomic E-state index is 13.4. The summed E-state index contributed by atoms with van der Waals surface area (Å²) in [5, 5.41) is 18.3. The maximum absolute atomic E-state index is 13.4. The number of aromatic hydroxyl groups is 1. The third kappa shape index (κ3) is 2.93. The van der Waals surface area contributed by atoms with Crippen LogP contribution in [0.15, 0.2) is 64.3 Å². The molecule has 0 fully saturated rings.